The van der Waals surface area contributed by atoms with Gasteiger partial charge in [0.05, 0.1) is 16.4 Å². The third-order valence-corrected chi connectivity index (χ3v) is 8.22. The van der Waals surface area contributed by atoms with Gasteiger partial charge in [-0.25, -0.2) is 8.42 Å². The Morgan fingerprint density at radius 2 is 1.59 bits per heavy atom. The summed E-state index contributed by atoms with van der Waals surface area (Å²) in [5.74, 6) is -1.60. The predicted octanol–water partition coefficient (Wildman–Crippen LogP) is 0.995. The van der Waals surface area contributed by atoms with Crippen LogP contribution in [0, 0.1) is 0 Å². The first-order valence-corrected chi connectivity index (χ1v) is 12.6. The number of rotatable bonds is 9. The van der Waals surface area contributed by atoms with E-state index in [-0.39, 0.29) is 17.7 Å². The molecule has 0 saturated carbocycles. The largest absolute Gasteiger partial charge is 0.358 e. The van der Waals surface area contributed by atoms with Gasteiger partial charge in [-0.2, -0.15) is 0 Å². The molecule has 2 aliphatic rings. The first-order chi connectivity index (χ1) is 15.2. The lowest BCUT2D eigenvalue weighted by molar-refractivity contribution is -0.132. The van der Waals surface area contributed by atoms with E-state index in [4.69, 9.17) is 0 Å². The summed E-state index contributed by atoms with van der Waals surface area (Å²) in [5, 5.41) is 1.73. The number of nitrogens with zero attached hydrogens (tertiary/aromatic N) is 2. The van der Waals surface area contributed by atoms with Crippen molar-refractivity contribution in [3.05, 3.63) is 35.4 Å². The molecule has 4 amide bonds. The molecule has 2 aliphatic heterocycles. The minimum absolute atomic E-state index is 0.0205. The first-order valence-electron chi connectivity index (χ1n) is 10.9. The molecular formula is C22H29N3O6S. The summed E-state index contributed by atoms with van der Waals surface area (Å²) in [6.45, 7) is 1.06. The summed E-state index contributed by atoms with van der Waals surface area (Å²) < 4.78 is 24.6. The number of amides is 4. The number of sulfone groups is 1. The van der Waals surface area contributed by atoms with E-state index in [1.54, 1.807) is 29.2 Å². The maximum absolute atomic E-state index is 12.4. The summed E-state index contributed by atoms with van der Waals surface area (Å²) in [5.41, 5.74) is 0.877. The second kappa shape index (κ2) is 10.2. The first kappa shape index (κ1) is 23.9. The minimum Gasteiger partial charge on any atom is -0.358 e. The molecule has 1 aromatic rings. The maximum Gasteiger partial charge on any atom is 0.261 e. The lowest BCUT2D eigenvalue weighted by Gasteiger charge is -2.31. The number of likely N-dealkylation sites (tertiary alicyclic amines) is 1. The molecule has 0 bridgehead atoms. The number of nitrogens with one attached hydrogen (secondary N) is 1. The summed E-state index contributed by atoms with van der Waals surface area (Å²) >= 11 is 0. The van der Waals surface area contributed by atoms with Gasteiger partial charge in [0.25, 0.3) is 11.8 Å². The molecule has 10 heteroatoms. The predicted molar refractivity (Wildman–Crippen MR) is 118 cm³/mol. The quantitative estimate of drug-likeness (QED) is 0.431. The van der Waals surface area contributed by atoms with Crippen molar-refractivity contribution in [2.75, 3.05) is 32.4 Å². The molecule has 1 saturated heterocycles. The lowest BCUT2D eigenvalue weighted by atomic mass is 10.1. The summed E-state index contributed by atoms with van der Waals surface area (Å²) in [6.07, 6.45) is 2.99. The van der Waals surface area contributed by atoms with Crippen LogP contribution in [-0.2, 0) is 19.4 Å². The average Bonchev–Trinajstić information content (AvgIpc) is 3.03. The van der Waals surface area contributed by atoms with Crippen LogP contribution in [0.2, 0.25) is 0 Å². The van der Waals surface area contributed by atoms with E-state index in [0.29, 0.717) is 69.3 Å². The van der Waals surface area contributed by atoms with Crippen molar-refractivity contribution < 1.29 is 27.6 Å². The van der Waals surface area contributed by atoms with Crippen molar-refractivity contribution in [2.45, 2.75) is 43.8 Å². The Morgan fingerprint density at radius 3 is 2.16 bits per heavy atom. The maximum atomic E-state index is 12.4. The Labute approximate surface area is 188 Å². The number of piperidine rings is 1. The van der Waals surface area contributed by atoms with Crippen molar-refractivity contribution in [1.82, 2.24) is 15.1 Å². The molecule has 174 valence electrons. The van der Waals surface area contributed by atoms with Crippen molar-refractivity contribution in [2.24, 2.45) is 0 Å². The highest BCUT2D eigenvalue weighted by Crippen LogP contribution is 2.23. The fourth-order valence-electron chi connectivity index (χ4n) is 4.16. The van der Waals surface area contributed by atoms with E-state index in [2.05, 4.69) is 5.32 Å². The molecule has 0 aromatic heterocycles. The third kappa shape index (κ3) is 5.35. The second-order valence-electron chi connectivity index (χ2n) is 8.18. The molecule has 1 fully saturated rings. The topological polar surface area (TPSA) is 121 Å². The monoisotopic (exact) mass is 463 g/mol. The molecule has 9 nitrogen and oxygen atoms in total. The standard InChI is InChI=1S/C22H29N3O6S/c1-23-19(26)15-32(30,31)16-10-13-24(14-11-16)20(27)9-3-2-6-12-25-21(28)17-7-4-5-8-18(17)22(25)29/h4-5,7-8,16H,2-3,6,9-15H2,1H3,(H,23,26). The molecule has 1 N–H and O–H groups in total. The smallest absolute Gasteiger partial charge is 0.261 e. The van der Waals surface area contributed by atoms with Crippen LogP contribution in [0.3, 0.4) is 0 Å². The van der Waals surface area contributed by atoms with Crippen LogP contribution in [0.4, 0.5) is 0 Å². The molecule has 0 unspecified atom stereocenters. The highest BCUT2D eigenvalue weighted by molar-refractivity contribution is 7.92. The van der Waals surface area contributed by atoms with E-state index in [1.165, 1.54) is 11.9 Å². The van der Waals surface area contributed by atoms with Crippen molar-refractivity contribution in [3.8, 4) is 0 Å². The number of unbranched alkanes of at least 4 members (excludes halogenated alkanes) is 2. The van der Waals surface area contributed by atoms with Crippen LogP contribution in [0.1, 0.15) is 59.2 Å². The zero-order valence-electron chi connectivity index (χ0n) is 18.2. The van der Waals surface area contributed by atoms with Gasteiger partial charge >= 0.3 is 0 Å². The zero-order valence-corrected chi connectivity index (χ0v) is 19.0. The van der Waals surface area contributed by atoms with Crippen LogP contribution in [0.15, 0.2) is 24.3 Å². The average molecular weight is 464 g/mol. The van der Waals surface area contributed by atoms with E-state index in [9.17, 15) is 27.6 Å². The van der Waals surface area contributed by atoms with E-state index in [1.807, 2.05) is 0 Å². The van der Waals surface area contributed by atoms with Gasteiger partial charge in [0.1, 0.15) is 5.75 Å². The van der Waals surface area contributed by atoms with Gasteiger partial charge in [-0.15, -0.1) is 0 Å². The Morgan fingerprint density at radius 1 is 1.00 bits per heavy atom. The van der Waals surface area contributed by atoms with Crippen LogP contribution in [0.5, 0.6) is 0 Å². The highest BCUT2D eigenvalue weighted by atomic mass is 32.2. The number of carbonyl (C=O) groups is 4. The third-order valence-electron chi connectivity index (χ3n) is 6.06. The number of carbonyl (C=O) groups excluding carboxylic acids is 4. The number of hydrogen-bond donors (Lipinski definition) is 1. The highest BCUT2D eigenvalue weighted by Gasteiger charge is 2.35. The zero-order chi connectivity index (χ0) is 23.3. The van der Waals surface area contributed by atoms with Crippen LogP contribution >= 0.6 is 0 Å². The van der Waals surface area contributed by atoms with Gasteiger partial charge in [0.2, 0.25) is 11.8 Å². The molecule has 0 spiro atoms. The molecule has 0 radical (unpaired) electrons. The summed E-state index contributed by atoms with van der Waals surface area (Å²) in [7, 11) is -2.11. The second-order valence-corrected chi connectivity index (χ2v) is 10.5. The Kier molecular flexibility index (Phi) is 7.65. The van der Waals surface area contributed by atoms with Gasteiger partial charge in [-0.1, -0.05) is 18.6 Å². The molecular weight excluding hydrogens is 434 g/mol. The Bertz CT molecular complexity index is 964. The number of imide groups is 1. The molecule has 0 aliphatic carbocycles. The Hall–Kier alpha value is -2.75. The fraction of sp³-hybridized carbons (Fsp3) is 0.545. The summed E-state index contributed by atoms with van der Waals surface area (Å²) in [4.78, 5) is 51.5. The molecule has 32 heavy (non-hydrogen) atoms. The van der Waals surface area contributed by atoms with Crippen molar-refractivity contribution in [3.63, 3.8) is 0 Å². The number of benzene rings is 1. The molecule has 3 rings (SSSR count). The number of fused-ring (bicyclic) bond motifs is 1. The van der Waals surface area contributed by atoms with E-state index in [0.717, 1.165) is 0 Å². The number of hydrogen-bond acceptors (Lipinski definition) is 6. The SMILES string of the molecule is CNC(=O)CS(=O)(=O)C1CCN(C(=O)CCCCCN2C(=O)c3ccccc3C2=O)CC1. The van der Waals surface area contributed by atoms with Crippen molar-refractivity contribution in [1.29, 1.82) is 0 Å². The van der Waals surface area contributed by atoms with E-state index >= 15 is 0 Å². The summed E-state index contributed by atoms with van der Waals surface area (Å²) in [6, 6.07) is 6.78. The molecule has 0 atom stereocenters. The van der Waals surface area contributed by atoms with Gasteiger partial charge < -0.3 is 10.2 Å². The van der Waals surface area contributed by atoms with Gasteiger partial charge in [-0.3, -0.25) is 24.1 Å². The lowest BCUT2D eigenvalue weighted by Crippen LogP contribution is -2.44. The van der Waals surface area contributed by atoms with Gasteiger partial charge in [-0.05, 0) is 37.8 Å². The minimum atomic E-state index is -3.51. The van der Waals surface area contributed by atoms with Crippen molar-refractivity contribution >= 4 is 33.5 Å². The van der Waals surface area contributed by atoms with E-state index < -0.39 is 26.7 Å². The molecule has 1 aromatic carbocycles. The Balaban J connectivity index is 1.36. The van der Waals surface area contributed by atoms with Gasteiger partial charge in [0.15, 0.2) is 9.84 Å². The van der Waals surface area contributed by atoms with Crippen LogP contribution in [0.25, 0.3) is 0 Å². The molecule has 2 heterocycles. The normalized spacial score (nSPS) is 16.9. The van der Waals surface area contributed by atoms with Crippen LogP contribution < -0.4 is 5.32 Å². The fourth-order valence-corrected chi connectivity index (χ4v) is 5.83. The van der Waals surface area contributed by atoms with Crippen LogP contribution in [-0.4, -0.2) is 79.5 Å². The van der Waals surface area contributed by atoms with Gasteiger partial charge in [0, 0.05) is 33.1 Å².